The number of thioether (sulfide) groups is 1. The first-order valence-electron chi connectivity index (χ1n) is 12.7. The molecule has 7 heteroatoms. The van der Waals surface area contributed by atoms with Crippen LogP contribution in [0.1, 0.15) is 64.4 Å². The number of carbonyl (C=O) groups excluding carboxylic acids is 2. The second kappa shape index (κ2) is 11.6. The molecule has 0 atom stereocenters. The highest BCUT2D eigenvalue weighted by atomic mass is 32.2. The van der Waals surface area contributed by atoms with Crippen LogP contribution in [-0.4, -0.2) is 27.0 Å². The monoisotopic (exact) mass is 511 g/mol. The van der Waals surface area contributed by atoms with Gasteiger partial charge in [-0.15, -0.1) is 0 Å². The van der Waals surface area contributed by atoms with Crippen molar-refractivity contribution in [3.05, 3.63) is 106 Å². The molecule has 0 radical (unpaired) electrons. The predicted octanol–water partition coefficient (Wildman–Crippen LogP) is 5.81. The summed E-state index contributed by atoms with van der Waals surface area (Å²) in [5.74, 6) is -0.0481. The number of amides is 1. The van der Waals surface area contributed by atoms with E-state index in [-0.39, 0.29) is 29.0 Å². The van der Waals surface area contributed by atoms with E-state index in [0.29, 0.717) is 33.7 Å². The van der Waals surface area contributed by atoms with Gasteiger partial charge in [-0.2, -0.15) is 0 Å². The van der Waals surface area contributed by atoms with Gasteiger partial charge in [-0.3, -0.25) is 19.0 Å². The van der Waals surface area contributed by atoms with E-state index in [1.54, 1.807) is 34.9 Å². The summed E-state index contributed by atoms with van der Waals surface area (Å²) in [6.45, 7) is 0.414. The Morgan fingerprint density at radius 2 is 1.59 bits per heavy atom. The number of ketones is 1. The highest BCUT2D eigenvalue weighted by molar-refractivity contribution is 7.99. The molecule has 6 nitrogen and oxygen atoms in total. The third-order valence-electron chi connectivity index (χ3n) is 6.80. The van der Waals surface area contributed by atoms with Crippen molar-refractivity contribution in [2.45, 2.75) is 49.8 Å². The number of rotatable bonds is 8. The Bertz CT molecular complexity index is 1460. The summed E-state index contributed by atoms with van der Waals surface area (Å²) in [6, 6.07) is 24.0. The van der Waals surface area contributed by atoms with Crippen molar-refractivity contribution in [2.24, 2.45) is 0 Å². The summed E-state index contributed by atoms with van der Waals surface area (Å²) in [4.78, 5) is 44.2. The Labute approximate surface area is 220 Å². The number of benzene rings is 3. The van der Waals surface area contributed by atoms with E-state index >= 15 is 0 Å². The van der Waals surface area contributed by atoms with Crippen molar-refractivity contribution in [3.8, 4) is 0 Å². The molecule has 37 heavy (non-hydrogen) atoms. The standard InChI is InChI=1S/C30H29N3O3S/c34-27(22-12-6-2-7-13-22)20-37-30-32-26-18-23(28(35)31-19-21-10-4-1-5-11-21)16-17-25(26)29(36)33(30)24-14-8-3-9-15-24/h1-2,4-7,10-13,16-18,24H,3,8-9,14-15,19-20H2,(H,31,35). The Morgan fingerprint density at radius 3 is 2.32 bits per heavy atom. The largest absolute Gasteiger partial charge is 0.348 e. The minimum Gasteiger partial charge on any atom is -0.348 e. The lowest BCUT2D eigenvalue weighted by Crippen LogP contribution is -2.29. The maximum atomic E-state index is 13.7. The fourth-order valence-corrected chi connectivity index (χ4v) is 5.76. The number of fused-ring (bicyclic) bond motifs is 1. The first kappa shape index (κ1) is 25.0. The average molecular weight is 512 g/mol. The van der Waals surface area contributed by atoms with Crippen LogP contribution in [0.25, 0.3) is 10.9 Å². The van der Waals surface area contributed by atoms with E-state index in [0.717, 1.165) is 31.2 Å². The number of Topliss-reactive ketones (excluding diaryl/α,β-unsaturated/α-hetero) is 1. The molecule has 188 valence electrons. The van der Waals surface area contributed by atoms with Crippen LogP contribution in [-0.2, 0) is 6.54 Å². The highest BCUT2D eigenvalue weighted by Crippen LogP contribution is 2.31. The molecule has 3 aromatic carbocycles. The summed E-state index contributed by atoms with van der Waals surface area (Å²) in [5, 5.41) is 3.96. The van der Waals surface area contributed by atoms with Gasteiger partial charge >= 0.3 is 0 Å². The van der Waals surface area contributed by atoms with Gasteiger partial charge in [0.15, 0.2) is 10.9 Å². The van der Waals surface area contributed by atoms with Crippen molar-refractivity contribution in [2.75, 3.05) is 5.75 Å². The number of carbonyl (C=O) groups is 2. The lowest BCUT2D eigenvalue weighted by atomic mass is 9.95. The molecule has 1 saturated carbocycles. The first-order valence-corrected chi connectivity index (χ1v) is 13.7. The molecule has 1 fully saturated rings. The molecule has 1 aliphatic carbocycles. The van der Waals surface area contributed by atoms with Crippen molar-refractivity contribution < 1.29 is 9.59 Å². The second-order valence-corrected chi connectivity index (χ2v) is 10.3. The molecule has 1 N–H and O–H groups in total. The number of aromatic nitrogens is 2. The summed E-state index contributed by atoms with van der Waals surface area (Å²) >= 11 is 1.30. The van der Waals surface area contributed by atoms with Crippen molar-refractivity contribution in [1.29, 1.82) is 0 Å². The molecule has 0 unspecified atom stereocenters. The topological polar surface area (TPSA) is 81.1 Å². The zero-order chi connectivity index (χ0) is 25.6. The minimum atomic E-state index is -0.225. The van der Waals surface area contributed by atoms with Crippen LogP contribution in [0.4, 0.5) is 0 Å². The van der Waals surface area contributed by atoms with E-state index in [1.807, 2.05) is 48.5 Å². The number of nitrogens with zero attached hydrogens (tertiary/aromatic N) is 2. The number of hydrogen-bond acceptors (Lipinski definition) is 5. The Hall–Kier alpha value is -3.71. The van der Waals surface area contributed by atoms with Crippen molar-refractivity contribution in [3.63, 3.8) is 0 Å². The van der Waals surface area contributed by atoms with E-state index in [4.69, 9.17) is 4.98 Å². The molecule has 1 aromatic heterocycles. The molecule has 1 aliphatic rings. The van der Waals surface area contributed by atoms with Crippen molar-refractivity contribution in [1.82, 2.24) is 14.9 Å². The van der Waals surface area contributed by atoms with Gasteiger partial charge in [-0.25, -0.2) is 4.98 Å². The maximum Gasteiger partial charge on any atom is 0.262 e. The van der Waals surface area contributed by atoms with Gasteiger partial charge in [0.1, 0.15) is 0 Å². The first-order chi connectivity index (χ1) is 18.1. The van der Waals surface area contributed by atoms with E-state index in [1.165, 1.54) is 18.2 Å². The normalized spacial score (nSPS) is 13.9. The highest BCUT2D eigenvalue weighted by Gasteiger charge is 2.23. The van der Waals surface area contributed by atoms with Gasteiger partial charge in [0.25, 0.3) is 11.5 Å². The Balaban J connectivity index is 1.45. The smallest absolute Gasteiger partial charge is 0.262 e. The number of hydrogen-bond donors (Lipinski definition) is 1. The zero-order valence-electron chi connectivity index (χ0n) is 20.6. The van der Waals surface area contributed by atoms with Gasteiger partial charge in [-0.1, -0.05) is 91.7 Å². The average Bonchev–Trinajstić information content (AvgIpc) is 2.96. The SMILES string of the molecule is O=C(CSc1nc2cc(C(=O)NCc3ccccc3)ccc2c(=O)n1C1CCCCC1)c1ccccc1. The summed E-state index contributed by atoms with van der Waals surface area (Å²) in [5.41, 5.74) is 2.45. The second-order valence-electron chi connectivity index (χ2n) is 9.34. The summed E-state index contributed by atoms with van der Waals surface area (Å²) < 4.78 is 1.79. The molecule has 1 heterocycles. The van der Waals surface area contributed by atoms with E-state index in [2.05, 4.69) is 5.32 Å². The Kier molecular flexibility index (Phi) is 7.80. The van der Waals surface area contributed by atoms with Crippen molar-refractivity contribution >= 4 is 34.4 Å². The molecule has 1 amide bonds. The molecule has 0 saturated heterocycles. The number of nitrogens with one attached hydrogen (secondary N) is 1. The summed E-state index contributed by atoms with van der Waals surface area (Å²) in [7, 11) is 0. The maximum absolute atomic E-state index is 13.7. The third kappa shape index (κ3) is 5.83. The van der Waals surface area contributed by atoms with Gasteiger partial charge in [0.2, 0.25) is 0 Å². The lowest BCUT2D eigenvalue weighted by molar-refractivity contribution is 0.0950. The fourth-order valence-electron chi connectivity index (χ4n) is 4.80. The van der Waals surface area contributed by atoms with Gasteiger partial charge < -0.3 is 5.32 Å². The van der Waals surface area contributed by atoms with E-state index < -0.39 is 0 Å². The van der Waals surface area contributed by atoms with Crippen LogP contribution in [0.3, 0.4) is 0 Å². The van der Waals surface area contributed by atoms with Crippen LogP contribution in [0, 0.1) is 0 Å². The van der Waals surface area contributed by atoms with E-state index in [9.17, 15) is 14.4 Å². The van der Waals surface area contributed by atoms with Crippen LogP contribution in [0.15, 0.2) is 88.8 Å². The molecular formula is C30H29N3O3S. The van der Waals surface area contributed by atoms with Gasteiger partial charge in [-0.05, 0) is 36.6 Å². The van der Waals surface area contributed by atoms with Gasteiger partial charge in [0.05, 0.1) is 16.7 Å². The van der Waals surface area contributed by atoms with Crippen LogP contribution < -0.4 is 10.9 Å². The van der Waals surface area contributed by atoms with Crippen LogP contribution in [0.2, 0.25) is 0 Å². The fraction of sp³-hybridized carbons (Fsp3) is 0.267. The molecule has 5 rings (SSSR count). The summed E-state index contributed by atoms with van der Waals surface area (Å²) in [6.07, 6.45) is 5.16. The lowest BCUT2D eigenvalue weighted by Gasteiger charge is -2.26. The zero-order valence-corrected chi connectivity index (χ0v) is 21.4. The molecule has 0 aliphatic heterocycles. The predicted molar refractivity (Wildman–Crippen MR) is 147 cm³/mol. The third-order valence-corrected chi connectivity index (χ3v) is 7.75. The molecule has 4 aromatic rings. The minimum absolute atomic E-state index is 0.0100. The van der Waals surface area contributed by atoms with Gasteiger partial charge in [0, 0.05) is 23.7 Å². The Morgan fingerprint density at radius 1 is 0.892 bits per heavy atom. The molecule has 0 spiro atoms. The molecular weight excluding hydrogens is 482 g/mol. The molecule has 0 bridgehead atoms. The quantitative estimate of drug-likeness (QED) is 0.184. The van der Waals surface area contributed by atoms with Crippen LogP contribution in [0.5, 0.6) is 0 Å². The van der Waals surface area contributed by atoms with Crippen LogP contribution >= 0.6 is 11.8 Å².